The van der Waals surface area contributed by atoms with Gasteiger partial charge in [-0.25, -0.2) is 13.1 Å². The van der Waals surface area contributed by atoms with Crippen molar-refractivity contribution >= 4 is 15.9 Å². The van der Waals surface area contributed by atoms with Gasteiger partial charge >= 0.3 is 0 Å². The predicted molar refractivity (Wildman–Crippen MR) is 72.8 cm³/mol. The molecule has 1 atom stereocenters. The summed E-state index contributed by atoms with van der Waals surface area (Å²) in [6.45, 7) is 2.16. The molecule has 1 aliphatic rings. The number of amides is 1. The van der Waals surface area contributed by atoms with Crippen LogP contribution in [0.3, 0.4) is 0 Å². The maximum Gasteiger partial charge on any atom is 0.248 e. The Hall–Kier alpha value is -1.48. The van der Waals surface area contributed by atoms with E-state index >= 15 is 0 Å². The Labute approximate surface area is 117 Å². The number of rotatable bonds is 5. The Morgan fingerprint density at radius 2 is 2.10 bits per heavy atom. The molecule has 4 N–H and O–H groups in total. The van der Waals surface area contributed by atoms with Gasteiger partial charge in [0.1, 0.15) is 0 Å². The predicted octanol–water partition coefficient (Wildman–Crippen LogP) is -0.948. The smallest absolute Gasteiger partial charge is 0.248 e. The van der Waals surface area contributed by atoms with Crippen LogP contribution in [-0.4, -0.2) is 46.7 Å². The molecule has 1 aliphatic heterocycles. The van der Waals surface area contributed by atoms with Gasteiger partial charge in [0.15, 0.2) is 0 Å². The maximum atomic E-state index is 12.1. The molecule has 20 heavy (non-hydrogen) atoms. The number of benzene rings is 1. The molecule has 1 aromatic rings. The summed E-state index contributed by atoms with van der Waals surface area (Å²) in [6.07, 6.45) is -0.177. The van der Waals surface area contributed by atoms with Crippen molar-refractivity contribution in [3.63, 3.8) is 0 Å². The van der Waals surface area contributed by atoms with Crippen molar-refractivity contribution in [2.24, 2.45) is 5.73 Å². The summed E-state index contributed by atoms with van der Waals surface area (Å²) in [5.74, 6) is -0.594. The van der Waals surface area contributed by atoms with Crippen LogP contribution >= 0.6 is 0 Å². The molecule has 0 radical (unpaired) electrons. The molecule has 0 aromatic heterocycles. The standard InChI is InChI=1S/C12H17N3O4S/c13-12(16)9-1-3-11(4-2-9)20(17,18)15-8-10-7-14-5-6-19-10/h1-4,10,14-15H,5-8H2,(H2,13,16). The maximum absolute atomic E-state index is 12.1. The van der Waals surface area contributed by atoms with Crippen molar-refractivity contribution in [1.29, 1.82) is 0 Å². The van der Waals surface area contributed by atoms with Crippen LogP contribution < -0.4 is 15.8 Å². The quantitative estimate of drug-likeness (QED) is 0.649. The first kappa shape index (κ1) is 14.9. The van der Waals surface area contributed by atoms with Gasteiger partial charge in [-0.3, -0.25) is 4.79 Å². The van der Waals surface area contributed by atoms with Gasteiger partial charge in [-0.1, -0.05) is 0 Å². The summed E-state index contributed by atoms with van der Waals surface area (Å²) in [7, 11) is -3.61. The Kier molecular flexibility index (Phi) is 4.71. The summed E-state index contributed by atoms with van der Waals surface area (Å²) in [5, 5.41) is 3.12. The van der Waals surface area contributed by atoms with Crippen molar-refractivity contribution in [2.75, 3.05) is 26.2 Å². The highest BCUT2D eigenvalue weighted by atomic mass is 32.2. The molecule has 0 saturated carbocycles. The molecule has 110 valence electrons. The molecular weight excluding hydrogens is 282 g/mol. The van der Waals surface area contributed by atoms with Crippen LogP contribution in [-0.2, 0) is 14.8 Å². The summed E-state index contributed by atoms with van der Waals surface area (Å²) < 4.78 is 32.0. The fourth-order valence-corrected chi connectivity index (χ4v) is 2.90. The second kappa shape index (κ2) is 6.31. The molecule has 0 bridgehead atoms. The van der Waals surface area contributed by atoms with E-state index in [-0.39, 0.29) is 23.1 Å². The number of primary amides is 1. The Morgan fingerprint density at radius 3 is 2.65 bits per heavy atom. The second-order valence-electron chi connectivity index (χ2n) is 4.44. The first-order valence-electron chi connectivity index (χ1n) is 6.21. The lowest BCUT2D eigenvalue weighted by atomic mass is 10.2. The minimum atomic E-state index is -3.61. The third kappa shape index (κ3) is 3.76. The molecule has 1 unspecified atom stereocenters. The van der Waals surface area contributed by atoms with E-state index in [4.69, 9.17) is 10.5 Å². The first-order valence-corrected chi connectivity index (χ1v) is 7.69. The highest BCUT2D eigenvalue weighted by molar-refractivity contribution is 7.89. The number of nitrogens with one attached hydrogen (secondary N) is 2. The van der Waals surface area contributed by atoms with E-state index < -0.39 is 15.9 Å². The number of morpholine rings is 1. The van der Waals surface area contributed by atoms with E-state index in [1.165, 1.54) is 24.3 Å². The SMILES string of the molecule is NC(=O)c1ccc(S(=O)(=O)NCC2CNCCO2)cc1. The van der Waals surface area contributed by atoms with Crippen LogP contribution in [0.2, 0.25) is 0 Å². The van der Waals surface area contributed by atoms with Crippen LogP contribution in [0.15, 0.2) is 29.2 Å². The van der Waals surface area contributed by atoms with Crippen molar-refractivity contribution in [1.82, 2.24) is 10.0 Å². The van der Waals surface area contributed by atoms with Gasteiger partial charge < -0.3 is 15.8 Å². The second-order valence-corrected chi connectivity index (χ2v) is 6.20. The van der Waals surface area contributed by atoms with Crippen molar-refractivity contribution in [3.8, 4) is 0 Å². The van der Waals surface area contributed by atoms with E-state index in [1.807, 2.05) is 0 Å². The third-order valence-electron chi connectivity index (χ3n) is 2.95. The summed E-state index contributed by atoms with van der Waals surface area (Å²) in [5.41, 5.74) is 5.37. The largest absolute Gasteiger partial charge is 0.374 e. The lowest BCUT2D eigenvalue weighted by Gasteiger charge is -2.23. The molecular formula is C12H17N3O4S. The summed E-state index contributed by atoms with van der Waals surface area (Å²) in [6, 6.07) is 5.47. The fraction of sp³-hybridized carbons (Fsp3) is 0.417. The topological polar surface area (TPSA) is 111 Å². The summed E-state index contributed by atoms with van der Waals surface area (Å²) in [4.78, 5) is 11.0. The minimum absolute atomic E-state index is 0.0891. The van der Waals surface area contributed by atoms with Crippen molar-refractivity contribution < 1.29 is 17.9 Å². The van der Waals surface area contributed by atoms with Crippen LogP contribution in [0.25, 0.3) is 0 Å². The van der Waals surface area contributed by atoms with Crippen molar-refractivity contribution in [3.05, 3.63) is 29.8 Å². The zero-order chi connectivity index (χ0) is 14.6. The number of carbonyl (C=O) groups is 1. The molecule has 0 aliphatic carbocycles. The average Bonchev–Trinajstić information content (AvgIpc) is 2.46. The number of nitrogens with two attached hydrogens (primary N) is 1. The molecule has 1 amide bonds. The molecule has 0 spiro atoms. The van der Waals surface area contributed by atoms with Gasteiger partial charge in [0.05, 0.1) is 17.6 Å². The third-order valence-corrected chi connectivity index (χ3v) is 4.39. The molecule has 8 heteroatoms. The van der Waals surface area contributed by atoms with Gasteiger partial charge in [-0.15, -0.1) is 0 Å². The molecule has 2 rings (SSSR count). The molecule has 1 saturated heterocycles. The Bertz CT molecular complexity index is 565. The Balaban J connectivity index is 2.00. The molecule has 1 fully saturated rings. The lowest BCUT2D eigenvalue weighted by molar-refractivity contribution is 0.0324. The van der Waals surface area contributed by atoms with Crippen LogP contribution in [0.1, 0.15) is 10.4 Å². The number of sulfonamides is 1. The number of carbonyl (C=O) groups excluding carboxylic acids is 1. The zero-order valence-corrected chi connectivity index (χ0v) is 11.7. The van der Waals surface area contributed by atoms with Gasteiger partial charge in [-0.05, 0) is 24.3 Å². The number of ether oxygens (including phenoxy) is 1. The van der Waals surface area contributed by atoms with E-state index in [2.05, 4.69) is 10.0 Å². The van der Waals surface area contributed by atoms with Crippen molar-refractivity contribution in [2.45, 2.75) is 11.0 Å². The molecule has 1 heterocycles. The fourth-order valence-electron chi connectivity index (χ4n) is 1.84. The van der Waals surface area contributed by atoms with Gasteiger partial charge in [0, 0.05) is 25.2 Å². The Morgan fingerprint density at radius 1 is 1.40 bits per heavy atom. The van der Waals surface area contributed by atoms with Crippen LogP contribution in [0.5, 0.6) is 0 Å². The van der Waals surface area contributed by atoms with Gasteiger partial charge in [-0.2, -0.15) is 0 Å². The van der Waals surface area contributed by atoms with E-state index in [9.17, 15) is 13.2 Å². The highest BCUT2D eigenvalue weighted by Gasteiger charge is 2.19. The molecule has 1 aromatic carbocycles. The van der Waals surface area contributed by atoms with Crippen LogP contribution in [0, 0.1) is 0 Å². The highest BCUT2D eigenvalue weighted by Crippen LogP contribution is 2.10. The van der Waals surface area contributed by atoms with Crippen LogP contribution in [0.4, 0.5) is 0 Å². The van der Waals surface area contributed by atoms with E-state index in [0.717, 1.165) is 6.54 Å². The van der Waals surface area contributed by atoms with E-state index in [1.54, 1.807) is 0 Å². The van der Waals surface area contributed by atoms with Gasteiger partial charge in [0.2, 0.25) is 15.9 Å². The first-order chi connectivity index (χ1) is 9.49. The molecule has 7 nitrogen and oxygen atoms in total. The number of hydrogen-bond donors (Lipinski definition) is 3. The van der Waals surface area contributed by atoms with E-state index in [0.29, 0.717) is 13.2 Å². The number of hydrogen-bond acceptors (Lipinski definition) is 5. The monoisotopic (exact) mass is 299 g/mol. The minimum Gasteiger partial charge on any atom is -0.374 e. The lowest BCUT2D eigenvalue weighted by Crippen LogP contribution is -2.45. The zero-order valence-electron chi connectivity index (χ0n) is 10.8. The summed E-state index contributed by atoms with van der Waals surface area (Å²) >= 11 is 0. The average molecular weight is 299 g/mol. The van der Waals surface area contributed by atoms with Gasteiger partial charge in [0.25, 0.3) is 0 Å². The normalized spacial score (nSPS) is 19.7.